The Bertz CT molecular complexity index is 690. The minimum absolute atomic E-state index is 0.131. The maximum atomic E-state index is 13.2. The lowest BCUT2D eigenvalue weighted by Crippen LogP contribution is -2.13. The third-order valence-electron chi connectivity index (χ3n) is 2.82. The summed E-state index contributed by atoms with van der Waals surface area (Å²) in [5.41, 5.74) is 0.631. The average molecular weight is 285 g/mol. The molecule has 21 heavy (non-hydrogen) atoms. The van der Waals surface area contributed by atoms with E-state index in [0.29, 0.717) is 17.1 Å². The van der Waals surface area contributed by atoms with Gasteiger partial charge in [0.15, 0.2) is 6.61 Å². The number of carbonyl (C=O) groups excluding carboxylic acids is 1. The quantitative estimate of drug-likeness (QED) is 0.792. The van der Waals surface area contributed by atoms with Crippen LogP contribution in [0.3, 0.4) is 0 Å². The van der Waals surface area contributed by atoms with Crippen molar-refractivity contribution < 1.29 is 18.7 Å². The number of hydrogen-bond donors (Lipinski definition) is 0. The Morgan fingerprint density at radius 3 is 2.57 bits per heavy atom. The Morgan fingerprint density at radius 1 is 1.24 bits per heavy atom. The summed E-state index contributed by atoms with van der Waals surface area (Å²) in [6.45, 7) is -0.244. The second-order valence-electron chi connectivity index (χ2n) is 4.19. The van der Waals surface area contributed by atoms with Crippen LogP contribution in [-0.2, 0) is 0 Å². The molecule has 0 unspecified atom stereocenters. The van der Waals surface area contributed by atoms with E-state index in [1.165, 1.54) is 19.2 Å². The maximum absolute atomic E-state index is 13.2. The van der Waals surface area contributed by atoms with Crippen molar-refractivity contribution in [2.24, 2.45) is 0 Å². The molecule has 0 bridgehead atoms. The average Bonchev–Trinajstić information content (AvgIpc) is 2.53. The molecule has 0 aliphatic heterocycles. The molecular weight excluding hydrogens is 273 g/mol. The number of halogens is 1. The fourth-order valence-electron chi connectivity index (χ4n) is 1.75. The summed E-state index contributed by atoms with van der Waals surface area (Å²) < 4.78 is 23.6. The molecule has 5 heteroatoms. The molecule has 4 nitrogen and oxygen atoms in total. The number of hydrogen-bond acceptors (Lipinski definition) is 4. The van der Waals surface area contributed by atoms with E-state index < -0.39 is 11.6 Å². The summed E-state index contributed by atoms with van der Waals surface area (Å²) >= 11 is 0. The van der Waals surface area contributed by atoms with E-state index in [9.17, 15) is 9.18 Å². The Morgan fingerprint density at radius 2 is 1.95 bits per heavy atom. The highest BCUT2D eigenvalue weighted by atomic mass is 19.1. The predicted molar refractivity (Wildman–Crippen MR) is 73.9 cm³/mol. The molecule has 0 saturated carbocycles. The number of methoxy groups -OCH3 is 1. The van der Waals surface area contributed by atoms with Crippen molar-refractivity contribution in [3.05, 3.63) is 59.4 Å². The Hall–Kier alpha value is -2.87. The number of rotatable bonds is 5. The highest BCUT2D eigenvalue weighted by molar-refractivity contribution is 5.99. The number of nitriles is 1. The summed E-state index contributed by atoms with van der Waals surface area (Å²) in [6.07, 6.45) is 0. The zero-order valence-corrected chi connectivity index (χ0v) is 11.3. The van der Waals surface area contributed by atoms with E-state index in [0.717, 1.165) is 6.07 Å². The van der Waals surface area contributed by atoms with Crippen molar-refractivity contribution in [2.45, 2.75) is 0 Å². The van der Waals surface area contributed by atoms with Crippen LogP contribution >= 0.6 is 0 Å². The van der Waals surface area contributed by atoms with Crippen LogP contribution in [-0.4, -0.2) is 19.5 Å². The van der Waals surface area contributed by atoms with E-state index in [1.807, 2.05) is 6.07 Å². The van der Waals surface area contributed by atoms with Gasteiger partial charge < -0.3 is 9.47 Å². The lowest BCUT2D eigenvalue weighted by Gasteiger charge is -2.09. The summed E-state index contributed by atoms with van der Waals surface area (Å²) in [7, 11) is 1.41. The van der Waals surface area contributed by atoms with Gasteiger partial charge in [0.1, 0.15) is 17.3 Å². The monoisotopic (exact) mass is 285 g/mol. The second-order valence-corrected chi connectivity index (χ2v) is 4.19. The van der Waals surface area contributed by atoms with Crippen molar-refractivity contribution in [3.63, 3.8) is 0 Å². The van der Waals surface area contributed by atoms with Gasteiger partial charge >= 0.3 is 0 Å². The Labute approximate surface area is 121 Å². The van der Waals surface area contributed by atoms with Crippen LogP contribution in [0.4, 0.5) is 4.39 Å². The van der Waals surface area contributed by atoms with Crippen LogP contribution in [0, 0.1) is 17.1 Å². The van der Waals surface area contributed by atoms with Crippen molar-refractivity contribution in [3.8, 4) is 17.6 Å². The van der Waals surface area contributed by atoms with Gasteiger partial charge in [0.2, 0.25) is 5.78 Å². The molecule has 2 aromatic rings. The van der Waals surface area contributed by atoms with E-state index in [-0.39, 0.29) is 12.2 Å². The fraction of sp³-hybridized carbons (Fsp3) is 0.125. The molecule has 0 spiro atoms. The van der Waals surface area contributed by atoms with E-state index >= 15 is 0 Å². The van der Waals surface area contributed by atoms with Crippen molar-refractivity contribution in [1.29, 1.82) is 5.26 Å². The molecule has 2 aromatic carbocycles. The molecule has 0 N–H and O–H groups in total. The van der Waals surface area contributed by atoms with E-state index in [1.54, 1.807) is 24.3 Å². The number of ketones is 1. The third kappa shape index (κ3) is 3.57. The summed E-state index contributed by atoms with van der Waals surface area (Å²) in [5.74, 6) is -0.157. The second kappa shape index (κ2) is 6.53. The molecule has 2 rings (SSSR count). The smallest absolute Gasteiger partial charge is 0.204 e. The molecule has 0 aromatic heterocycles. The molecule has 0 atom stereocenters. The minimum Gasteiger partial charge on any atom is -0.496 e. The van der Waals surface area contributed by atoms with Gasteiger partial charge in [-0.25, -0.2) is 4.39 Å². The fourth-order valence-corrected chi connectivity index (χ4v) is 1.75. The molecule has 0 saturated heterocycles. The first kappa shape index (κ1) is 14.5. The third-order valence-corrected chi connectivity index (χ3v) is 2.82. The molecular formula is C16H12FNO3. The Kier molecular flexibility index (Phi) is 4.52. The lowest BCUT2D eigenvalue weighted by atomic mass is 10.1. The van der Waals surface area contributed by atoms with E-state index in [4.69, 9.17) is 14.7 Å². The minimum atomic E-state index is -0.516. The zero-order chi connectivity index (χ0) is 15.2. The standard InChI is InChI=1S/C16H12FNO3/c1-20-16-7-4-12(17)8-14(16)15(19)10-21-13-5-2-11(9-18)3-6-13/h2-8H,10H2,1H3. The topological polar surface area (TPSA) is 59.3 Å². The zero-order valence-electron chi connectivity index (χ0n) is 11.3. The van der Waals surface area contributed by atoms with Crippen LogP contribution in [0.25, 0.3) is 0 Å². The van der Waals surface area contributed by atoms with E-state index in [2.05, 4.69) is 0 Å². The van der Waals surface area contributed by atoms with Gasteiger partial charge in [0.25, 0.3) is 0 Å². The number of Topliss-reactive ketones (excluding diaryl/α,β-unsaturated/α-hetero) is 1. The highest BCUT2D eigenvalue weighted by Crippen LogP contribution is 2.20. The maximum Gasteiger partial charge on any atom is 0.204 e. The Balaban J connectivity index is 2.08. The molecule has 0 heterocycles. The van der Waals surface area contributed by atoms with Crippen molar-refractivity contribution in [2.75, 3.05) is 13.7 Å². The lowest BCUT2D eigenvalue weighted by molar-refractivity contribution is 0.0918. The van der Waals surface area contributed by atoms with Crippen LogP contribution in [0.1, 0.15) is 15.9 Å². The number of ether oxygens (including phenoxy) is 2. The molecule has 106 valence electrons. The summed E-state index contributed by atoms with van der Waals surface area (Å²) in [6, 6.07) is 12.1. The first-order valence-electron chi connectivity index (χ1n) is 6.13. The number of benzene rings is 2. The van der Waals surface area contributed by atoms with Gasteiger partial charge in [-0.1, -0.05) is 0 Å². The molecule has 0 amide bonds. The normalized spacial score (nSPS) is 9.76. The van der Waals surface area contributed by atoms with Gasteiger partial charge in [-0.15, -0.1) is 0 Å². The van der Waals surface area contributed by atoms with Gasteiger partial charge in [0.05, 0.1) is 24.3 Å². The van der Waals surface area contributed by atoms with Gasteiger partial charge in [-0.05, 0) is 42.5 Å². The van der Waals surface area contributed by atoms with Gasteiger partial charge in [-0.3, -0.25) is 4.79 Å². The van der Waals surface area contributed by atoms with Crippen LogP contribution in [0.5, 0.6) is 11.5 Å². The van der Waals surface area contributed by atoms with Crippen molar-refractivity contribution in [1.82, 2.24) is 0 Å². The molecule has 0 aliphatic carbocycles. The SMILES string of the molecule is COc1ccc(F)cc1C(=O)COc1ccc(C#N)cc1. The van der Waals surface area contributed by atoms with Crippen LogP contribution in [0.15, 0.2) is 42.5 Å². The van der Waals surface area contributed by atoms with Gasteiger partial charge in [0, 0.05) is 0 Å². The first-order valence-corrected chi connectivity index (χ1v) is 6.13. The van der Waals surface area contributed by atoms with Crippen LogP contribution in [0.2, 0.25) is 0 Å². The molecule has 0 fully saturated rings. The number of nitrogens with zero attached hydrogens (tertiary/aromatic N) is 1. The first-order chi connectivity index (χ1) is 10.1. The van der Waals surface area contributed by atoms with Crippen LogP contribution < -0.4 is 9.47 Å². The summed E-state index contributed by atoms with van der Waals surface area (Å²) in [4.78, 5) is 12.0. The van der Waals surface area contributed by atoms with Crippen molar-refractivity contribution >= 4 is 5.78 Å². The molecule has 0 aliphatic rings. The summed E-state index contributed by atoms with van der Waals surface area (Å²) in [5, 5.41) is 8.68. The predicted octanol–water partition coefficient (Wildman–Crippen LogP) is 2.97. The number of carbonyl (C=O) groups is 1. The largest absolute Gasteiger partial charge is 0.496 e. The van der Waals surface area contributed by atoms with Gasteiger partial charge in [-0.2, -0.15) is 5.26 Å². The molecule has 0 radical (unpaired) electrons. The highest BCUT2D eigenvalue weighted by Gasteiger charge is 2.14.